The van der Waals surface area contributed by atoms with Gasteiger partial charge in [0.15, 0.2) is 5.76 Å². The van der Waals surface area contributed by atoms with Gasteiger partial charge in [0, 0.05) is 25.3 Å². The SMILES string of the molecule is NNC(=O)c1occc1CN1CCCC(CO)C1. The number of nitrogen functional groups attached to an aromatic ring is 1. The second-order valence-corrected chi connectivity index (χ2v) is 4.67. The Balaban J connectivity index is 2.00. The predicted molar refractivity (Wildman–Crippen MR) is 65.4 cm³/mol. The lowest BCUT2D eigenvalue weighted by molar-refractivity contribution is 0.0917. The summed E-state index contributed by atoms with van der Waals surface area (Å²) in [6.45, 7) is 2.70. The molecule has 1 unspecified atom stereocenters. The lowest BCUT2D eigenvalue weighted by Crippen LogP contribution is -2.37. The Morgan fingerprint density at radius 3 is 3.22 bits per heavy atom. The third-order valence-electron chi connectivity index (χ3n) is 3.34. The molecule has 0 spiro atoms. The Labute approximate surface area is 106 Å². The Hall–Kier alpha value is -1.37. The maximum absolute atomic E-state index is 11.5. The topological polar surface area (TPSA) is 91.7 Å². The predicted octanol–water partition coefficient (Wildman–Crippen LogP) is 0.0874. The number of nitrogens with two attached hydrogens (primary N) is 1. The van der Waals surface area contributed by atoms with E-state index in [1.165, 1.54) is 6.26 Å². The fourth-order valence-corrected chi connectivity index (χ4v) is 2.41. The number of hydrazine groups is 1. The molecule has 1 aliphatic heterocycles. The summed E-state index contributed by atoms with van der Waals surface area (Å²) in [5.41, 5.74) is 2.90. The highest BCUT2D eigenvalue weighted by atomic mass is 16.3. The molecule has 1 aliphatic rings. The van der Waals surface area contributed by atoms with Crippen molar-refractivity contribution in [3.63, 3.8) is 0 Å². The molecule has 0 saturated carbocycles. The van der Waals surface area contributed by atoms with Gasteiger partial charge < -0.3 is 9.52 Å². The molecular formula is C12H19N3O3. The first-order valence-electron chi connectivity index (χ1n) is 6.15. The van der Waals surface area contributed by atoms with Crippen LogP contribution in [-0.4, -0.2) is 35.6 Å². The van der Waals surface area contributed by atoms with Crippen LogP contribution >= 0.6 is 0 Å². The number of rotatable bonds is 4. The molecule has 6 nitrogen and oxygen atoms in total. The second kappa shape index (κ2) is 5.99. The number of carbonyl (C=O) groups excluding carboxylic acids is 1. The first-order valence-corrected chi connectivity index (χ1v) is 6.15. The average molecular weight is 253 g/mol. The van der Waals surface area contributed by atoms with E-state index in [-0.39, 0.29) is 12.4 Å². The Morgan fingerprint density at radius 2 is 2.50 bits per heavy atom. The zero-order chi connectivity index (χ0) is 13.0. The van der Waals surface area contributed by atoms with Crippen LogP contribution in [0.2, 0.25) is 0 Å². The number of aliphatic hydroxyl groups excluding tert-OH is 1. The number of aliphatic hydroxyl groups is 1. The molecule has 0 radical (unpaired) electrons. The van der Waals surface area contributed by atoms with Gasteiger partial charge in [0.25, 0.3) is 0 Å². The van der Waals surface area contributed by atoms with E-state index in [4.69, 9.17) is 10.3 Å². The van der Waals surface area contributed by atoms with E-state index in [1.54, 1.807) is 6.07 Å². The van der Waals surface area contributed by atoms with Crippen LogP contribution < -0.4 is 11.3 Å². The summed E-state index contributed by atoms with van der Waals surface area (Å²) in [6.07, 6.45) is 3.63. The van der Waals surface area contributed by atoms with Crippen LogP contribution in [0.3, 0.4) is 0 Å². The minimum atomic E-state index is -0.411. The highest BCUT2D eigenvalue weighted by Gasteiger charge is 2.22. The van der Waals surface area contributed by atoms with Crippen LogP contribution in [-0.2, 0) is 6.54 Å². The van der Waals surface area contributed by atoms with E-state index in [1.807, 2.05) is 0 Å². The molecular weight excluding hydrogens is 234 g/mol. The highest BCUT2D eigenvalue weighted by molar-refractivity contribution is 5.92. The van der Waals surface area contributed by atoms with Crippen LogP contribution in [0.5, 0.6) is 0 Å². The van der Waals surface area contributed by atoms with Crippen LogP contribution in [0.1, 0.15) is 29.0 Å². The number of likely N-dealkylation sites (tertiary alicyclic amines) is 1. The van der Waals surface area contributed by atoms with Gasteiger partial charge in [-0.2, -0.15) is 0 Å². The lowest BCUT2D eigenvalue weighted by atomic mass is 9.98. The summed E-state index contributed by atoms with van der Waals surface area (Å²) in [7, 11) is 0. The monoisotopic (exact) mass is 253 g/mol. The molecule has 2 rings (SSSR count). The Kier molecular flexibility index (Phi) is 4.35. The molecule has 0 aliphatic carbocycles. The molecule has 4 N–H and O–H groups in total. The van der Waals surface area contributed by atoms with E-state index in [9.17, 15) is 9.90 Å². The zero-order valence-electron chi connectivity index (χ0n) is 10.3. The van der Waals surface area contributed by atoms with Crippen molar-refractivity contribution >= 4 is 5.91 Å². The van der Waals surface area contributed by atoms with E-state index >= 15 is 0 Å². The van der Waals surface area contributed by atoms with Crippen molar-refractivity contribution in [3.8, 4) is 0 Å². The van der Waals surface area contributed by atoms with Crippen LogP contribution in [0.4, 0.5) is 0 Å². The molecule has 1 amide bonds. The number of hydrogen-bond acceptors (Lipinski definition) is 5. The highest BCUT2D eigenvalue weighted by Crippen LogP contribution is 2.20. The van der Waals surface area contributed by atoms with Gasteiger partial charge in [-0.25, -0.2) is 5.84 Å². The summed E-state index contributed by atoms with van der Waals surface area (Å²) >= 11 is 0. The lowest BCUT2D eigenvalue weighted by Gasteiger charge is -2.31. The summed E-state index contributed by atoms with van der Waals surface area (Å²) in [5, 5.41) is 9.19. The van der Waals surface area contributed by atoms with Crippen molar-refractivity contribution < 1.29 is 14.3 Å². The van der Waals surface area contributed by atoms with Gasteiger partial charge >= 0.3 is 5.91 Å². The minimum absolute atomic E-state index is 0.220. The Bertz CT molecular complexity index is 405. The smallest absolute Gasteiger partial charge is 0.301 e. The molecule has 1 fully saturated rings. The summed E-state index contributed by atoms with van der Waals surface area (Å²) in [6, 6.07) is 1.78. The third-order valence-corrected chi connectivity index (χ3v) is 3.34. The van der Waals surface area contributed by atoms with Crippen molar-refractivity contribution in [3.05, 3.63) is 23.7 Å². The van der Waals surface area contributed by atoms with E-state index in [0.717, 1.165) is 31.5 Å². The van der Waals surface area contributed by atoms with Crippen molar-refractivity contribution in [2.45, 2.75) is 19.4 Å². The van der Waals surface area contributed by atoms with Crippen LogP contribution in [0.15, 0.2) is 16.7 Å². The average Bonchev–Trinajstić information content (AvgIpc) is 2.86. The maximum Gasteiger partial charge on any atom is 0.301 e. The summed E-state index contributed by atoms with van der Waals surface area (Å²) in [4.78, 5) is 13.7. The second-order valence-electron chi connectivity index (χ2n) is 4.67. The molecule has 0 aromatic carbocycles. The molecule has 6 heteroatoms. The van der Waals surface area contributed by atoms with Crippen LogP contribution in [0, 0.1) is 5.92 Å². The molecule has 2 heterocycles. The molecule has 1 aromatic rings. The standard InChI is InChI=1S/C12H19N3O3/c13-14-12(17)11-10(3-5-18-11)7-15-4-1-2-9(6-15)8-16/h3,5,9,16H,1-2,4,6-8,13H2,(H,14,17). The van der Waals surface area contributed by atoms with Crippen molar-refractivity contribution in [1.82, 2.24) is 10.3 Å². The molecule has 0 bridgehead atoms. The largest absolute Gasteiger partial charge is 0.459 e. The van der Waals surface area contributed by atoms with Gasteiger partial charge in [-0.15, -0.1) is 0 Å². The van der Waals surface area contributed by atoms with Gasteiger partial charge in [-0.05, 0) is 31.4 Å². The zero-order valence-corrected chi connectivity index (χ0v) is 10.3. The van der Waals surface area contributed by atoms with Gasteiger partial charge in [0.1, 0.15) is 0 Å². The van der Waals surface area contributed by atoms with E-state index in [2.05, 4.69) is 10.3 Å². The number of amides is 1. The normalized spacial score (nSPS) is 20.9. The number of nitrogens with one attached hydrogen (secondary N) is 1. The molecule has 1 atom stereocenters. The molecule has 100 valence electrons. The molecule has 18 heavy (non-hydrogen) atoms. The molecule has 1 saturated heterocycles. The number of piperidine rings is 1. The third kappa shape index (κ3) is 2.90. The number of hydrogen-bond donors (Lipinski definition) is 3. The first-order chi connectivity index (χ1) is 8.74. The Morgan fingerprint density at radius 1 is 1.67 bits per heavy atom. The number of carbonyl (C=O) groups is 1. The van der Waals surface area contributed by atoms with Crippen LogP contribution in [0.25, 0.3) is 0 Å². The number of nitrogens with zero attached hydrogens (tertiary/aromatic N) is 1. The van der Waals surface area contributed by atoms with E-state index < -0.39 is 5.91 Å². The first kappa shape index (κ1) is 13.1. The summed E-state index contributed by atoms with van der Waals surface area (Å²) < 4.78 is 5.14. The fourth-order valence-electron chi connectivity index (χ4n) is 2.41. The van der Waals surface area contributed by atoms with Gasteiger partial charge in [-0.1, -0.05) is 0 Å². The maximum atomic E-state index is 11.5. The van der Waals surface area contributed by atoms with Crippen molar-refractivity contribution in [1.29, 1.82) is 0 Å². The molecule has 1 aromatic heterocycles. The van der Waals surface area contributed by atoms with Gasteiger partial charge in [0.05, 0.1) is 6.26 Å². The quantitative estimate of drug-likeness (QED) is 0.402. The van der Waals surface area contributed by atoms with Crippen molar-refractivity contribution in [2.75, 3.05) is 19.7 Å². The minimum Gasteiger partial charge on any atom is -0.459 e. The van der Waals surface area contributed by atoms with Gasteiger partial charge in [0.2, 0.25) is 0 Å². The van der Waals surface area contributed by atoms with Crippen molar-refractivity contribution in [2.24, 2.45) is 11.8 Å². The number of furan rings is 1. The van der Waals surface area contributed by atoms with Gasteiger partial charge in [-0.3, -0.25) is 15.1 Å². The fraction of sp³-hybridized carbons (Fsp3) is 0.583. The summed E-state index contributed by atoms with van der Waals surface area (Å²) in [5.74, 6) is 5.29. The van der Waals surface area contributed by atoms with E-state index in [0.29, 0.717) is 12.5 Å².